The Labute approximate surface area is 182 Å². The molecule has 0 radical (unpaired) electrons. The number of hydrogen-bond donors (Lipinski definition) is 0. The molecule has 0 spiro atoms. The van der Waals surface area contributed by atoms with E-state index in [4.69, 9.17) is 9.47 Å². The molecule has 6 bridgehead atoms. The zero-order chi connectivity index (χ0) is 20.4. The highest BCUT2D eigenvalue weighted by atomic mass is 16.5. The highest BCUT2D eigenvalue weighted by Crippen LogP contribution is 2.71. The predicted octanol–water partition coefficient (Wildman–Crippen LogP) is 5.10. The summed E-state index contributed by atoms with van der Waals surface area (Å²) >= 11 is 0. The van der Waals surface area contributed by atoms with Gasteiger partial charge in [-0.2, -0.15) is 0 Å². The first-order valence-corrected chi connectivity index (χ1v) is 12.2. The molecule has 4 aliphatic carbocycles. The third kappa shape index (κ3) is 2.03. The van der Waals surface area contributed by atoms with Crippen molar-refractivity contribution in [3.05, 3.63) is 60.2 Å². The SMILES string of the molecule is CC1C2CC(C1OC(=O)c1cccc3ccccc13)C1C3OC(C4C5C=CC(C5)C34)C21. The number of hydrogen-bond acceptors (Lipinski definition) is 3. The minimum atomic E-state index is -0.150. The van der Waals surface area contributed by atoms with Gasteiger partial charge in [-0.3, -0.25) is 0 Å². The van der Waals surface area contributed by atoms with Crippen LogP contribution in [0.3, 0.4) is 0 Å². The van der Waals surface area contributed by atoms with Crippen molar-refractivity contribution in [1.29, 1.82) is 0 Å². The quantitative estimate of drug-likeness (QED) is 0.508. The number of allylic oxidation sites excluding steroid dienone is 2. The van der Waals surface area contributed by atoms with E-state index < -0.39 is 0 Å². The molecule has 0 N–H and O–H groups in total. The molecule has 3 nitrogen and oxygen atoms in total. The van der Waals surface area contributed by atoms with Gasteiger partial charge < -0.3 is 9.47 Å². The van der Waals surface area contributed by atoms with Crippen LogP contribution in [0.4, 0.5) is 0 Å². The molecule has 2 heterocycles. The van der Waals surface area contributed by atoms with Crippen LogP contribution in [0.25, 0.3) is 10.8 Å². The lowest BCUT2D eigenvalue weighted by atomic mass is 9.59. The molecule has 12 atom stereocenters. The van der Waals surface area contributed by atoms with Gasteiger partial charge in [0.1, 0.15) is 6.10 Å². The van der Waals surface area contributed by atoms with E-state index in [-0.39, 0.29) is 12.1 Å². The zero-order valence-electron chi connectivity index (χ0n) is 17.8. The van der Waals surface area contributed by atoms with Crippen molar-refractivity contribution in [3.63, 3.8) is 0 Å². The number of benzene rings is 2. The monoisotopic (exact) mass is 412 g/mol. The van der Waals surface area contributed by atoms with Crippen LogP contribution < -0.4 is 0 Å². The second kappa shape index (κ2) is 5.81. The van der Waals surface area contributed by atoms with Gasteiger partial charge in [0, 0.05) is 5.92 Å². The molecule has 158 valence electrons. The molecule has 6 aliphatic rings. The van der Waals surface area contributed by atoms with Gasteiger partial charge in [-0.1, -0.05) is 55.5 Å². The molecular weight excluding hydrogens is 384 g/mol. The van der Waals surface area contributed by atoms with Gasteiger partial charge in [-0.15, -0.1) is 0 Å². The van der Waals surface area contributed by atoms with E-state index in [9.17, 15) is 4.79 Å². The van der Waals surface area contributed by atoms with Gasteiger partial charge >= 0.3 is 5.97 Å². The first-order valence-electron chi connectivity index (χ1n) is 12.2. The fourth-order valence-corrected chi connectivity index (χ4v) is 9.34. The Balaban J connectivity index is 1.10. The van der Waals surface area contributed by atoms with Crippen molar-refractivity contribution >= 4 is 16.7 Å². The highest BCUT2D eigenvalue weighted by Gasteiger charge is 2.74. The highest BCUT2D eigenvalue weighted by molar-refractivity contribution is 6.04. The lowest BCUT2D eigenvalue weighted by Gasteiger charge is -2.44. The topological polar surface area (TPSA) is 35.5 Å². The normalized spacial score (nSPS) is 49.7. The first kappa shape index (κ1) is 17.4. The third-order valence-electron chi connectivity index (χ3n) is 10.3. The average molecular weight is 413 g/mol. The van der Waals surface area contributed by atoms with Crippen LogP contribution in [-0.4, -0.2) is 24.3 Å². The Kier molecular flexibility index (Phi) is 3.26. The van der Waals surface area contributed by atoms with Crippen LogP contribution >= 0.6 is 0 Å². The molecule has 2 saturated heterocycles. The summed E-state index contributed by atoms with van der Waals surface area (Å²) in [4.78, 5) is 13.3. The molecule has 0 aromatic heterocycles. The summed E-state index contributed by atoms with van der Waals surface area (Å²) in [6, 6.07) is 14.0. The van der Waals surface area contributed by atoms with Crippen LogP contribution in [-0.2, 0) is 9.47 Å². The molecule has 3 heteroatoms. The predicted molar refractivity (Wildman–Crippen MR) is 117 cm³/mol. The van der Waals surface area contributed by atoms with Crippen molar-refractivity contribution in [1.82, 2.24) is 0 Å². The Morgan fingerprint density at radius 1 is 0.871 bits per heavy atom. The standard InChI is InChI=1S/C28H28O3/c1-13-19-12-20(24-23(19)26-21-15-9-10-16(11-15)22(21)27(24)30-26)25(13)31-28(29)18-8-4-6-14-5-2-3-7-17(14)18/h2-10,13,15-16,19-27H,11-12H2,1H3. The van der Waals surface area contributed by atoms with Crippen molar-refractivity contribution in [3.8, 4) is 0 Å². The minimum Gasteiger partial charge on any atom is -0.458 e. The Morgan fingerprint density at radius 3 is 2.39 bits per heavy atom. The van der Waals surface area contributed by atoms with E-state index in [2.05, 4.69) is 31.2 Å². The van der Waals surface area contributed by atoms with E-state index in [0.29, 0.717) is 47.4 Å². The maximum absolute atomic E-state index is 13.3. The van der Waals surface area contributed by atoms with E-state index in [1.54, 1.807) is 0 Å². The number of carbonyl (C=O) groups is 1. The van der Waals surface area contributed by atoms with Crippen LogP contribution in [0.1, 0.15) is 30.1 Å². The van der Waals surface area contributed by atoms with Gasteiger partial charge in [0.25, 0.3) is 0 Å². The van der Waals surface area contributed by atoms with Gasteiger partial charge in [0.05, 0.1) is 17.8 Å². The van der Waals surface area contributed by atoms with Crippen LogP contribution in [0.15, 0.2) is 54.6 Å². The maximum atomic E-state index is 13.3. The van der Waals surface area contributed by atoms with E-state index in [1.807, 2.05) is 30.3 Å². The molecule has 2 aliphatic heterocycles. The van der Waals surface area contributed by atoms with E-state index in [1.165, 1.54) is 12.8 Å². The van der Waals surface area contributed by atoms with Crippen LogP contribution in [0.2, 0.25) is 0 Å². The summed E-state index contributed by atoms with van der Waals surface area (Å²) in [6.45, 7) is 2.33. The van der Waals surface area contributed by atoms with Gasteiger partial charge in [-0.25, -0.2) is 4.79 Å². The molecule has 2 aromatic carbocycles. The van der Waals surface area contributed by atoms with E-state index in [0.717, 1.165) is 34.4 Å². The minimum absolute atomic E-state index is 0.0354. The largest absolute Gasteiger partial charge is 0.458 e. The number of carbonyl (C=O) groups excluding carboxylic acids is 1. The third-order valence-corrected chi connectivity index (χ3v) is 10.3. The lowest BCUT2D eigenvalue weighted by Crippen LogP contribution is -2.50. The van der Waals surface area contributed by atoms with E-state index >= 15 is 0 Å². The molecule has 5 fully saturated rings. The second-order valence-electron chi connectivity index (χ2n) is 11.1. The van der Waals surface area contributed by atoms with Gasteiger partial charge in [-0.05, 0) is 77.0 Å². The Morgan fingerprint density at radius 2 is 1.58 bits per heavy atom. The first-order chi connectivity index (χ1) is 15.2. The van der Waals surface area contributed by atoms with Crippen molar-refractivity contribution < 1.29 is 14.3 Å². The Hall–Kier alpha value is -2.13. The fraction of sp³-hybridized carbons (Fsp3) is 0.536. The molecule has 12 unspecified atom stereocenters. The maximum Gasteiger partial charge on any atom is 0.339 e. The van der Waals surface area contributed by atoms with Gasteiger partial charge in [0.2, 0.25) is 0 Å². The molecule has 8 rings (SSSR count). The van der Waals surface area contributed by atoms with Crippen molar-refractivity contribution in [2.24, 2.45) is 53.3 Å². The summed E-state index contributed by atoms with van der Waals surface area (Å²) in [5, 5.41) is 2.08. The summed E-state index contributed by atoms with van der Waals surface area (Å²) in [5.74, 6) is 5.71. The smallest absolute Gasteiger partial charge is 0.339 e. The number of ether oxygens (including phenoxy) is 2. The summed E-state index contributed by atoms with van der Waals surface area (Å²) in [5.41, 5.74) is 0.701. The van der Waals surface area contributed by atoms with Gasteiger partial charge in [0.15, 0.2) is 0 Å². The average Bonchev–Trinajstić information content (AvgIpc) is 3.60. The van der Waals surface area contributed by atoms with Crippen LogP contribution in [0.5, 0.6) is 0 Å². The lowest BCUT2D eigenvalue weighted by molar-refractivity contribution is -0.0388. The molecule has 3 saturated carbocycles. The molecule has 31 heavy (non-hydrogen) atoms. The Bertz CT molecular complexity index is 1130. The summed E-state index contributed by atoms with van der Waals surface area (Å²) < 4.78 is 13.1. The van der Waals surface area contributed by atoms with Crippen LogP contribution in [0, 0.1) is 53.3 Å². The van der Waals surface area contributed by atoms with Crippen molar-refractivity contribution in [2.75, 3.05) is 0 Å². The fourth-order valence-electron chi connectivity index (χ4n) is 9.34. The molecule has 2 aromatic rings. The number of esters is 1. The molecular formula is C28H28O3. The number of fused-ring (bicyclic) bond motifs is 17. The summed E-state index contributed by atoms with van der Waals surface area (Å²) in [6.07, 6.45) is 8.44. The molecule has 0 amide bonds. The zero-order valence-corrected chi connectivity index (χ0v) is 17.8. The number of rotatable bonds is 2. The van der Waals surface area contributed by atoms with Crippen molar-refractivity contribution in [2.45, 2.75) is 38.1 Å². The summed E-state index contributed by atoms with van der Waals surface area (Å²) in [7, 11) is 0. The second-order valence-corrected chi connectivity index (χ2v) is 11.1.